The largest absolute Gasteiger partial charge is 0.496 e. The molecule has 102 valence electrons. The maximum atomic E-state index is 13.3. The highest BCUT2D eigenvalue weighted by Crippen LogP contribution is 2.26. The molecular weight excluding hydrogens is 245 g/mol. The van der Waals surface area contributed by atoms with Crippen LogP contribution < -0.4 is 10.1 Å². The molecular formula is C15H18FNO2. The Kier molecular flexibility index (Phi) is 4.22. The van der Waals surface area contributed by atoms with Crippen LogP contribution in [0.25, 0.3) is 0 Å². The smallest absolute Gasteiger partial charge is 0.123 e. The number of hydrogen-bond acceptors (Lipinski definition) is 3. The Morgan fingerprint density at radius 3 is 2.74 bits per heavy atom. The first-order valence-corrected chi connectivity index (χ1v) is 6.22. The minimum absolute atomic E-state index is 0.0314. The summed E-state index contributed by atoms with van der Waals surface area (Å²) in [7, 11) is 1.58. The van der Waals surface area contributed by atoms with Crippen molar-refractivity contribution in [2.45, 2.75) is 26.4 Å². The first kappa shape index (κ1) is 13.6. The summed E-state index contributed by atoms with van der Waals surface area (Å²) in [6.45, 7) is 4.46. The fraction of sp³-hybridized carbons (Fsp3) is 0.333. The maximum absolute atomic E-state index is 13.3. The molecule has 1 N–H and O–H groups in total. The van der Waals surface area contributed by atoms with Gasteiger partial charge in [0.1, 0.15) is 23.1 Å². The van der Waals surface area contributed by atoms with Crippen molar-refractivity contribution < 1.29 is 13.5 Å². The highest BCUT2D eigenvalue weighted by molar-refractivity contribution is 5.36. The molecule has 1 aromatic heterocycles. The Morgan fingerprint density at radius 1 is 1.32 bits per heavy atom. The van der Waals surface area contributed by atoms with E-state index in [1.807, 2.05) is 26.0 Å². The Balaban J connectivity index is 2.06. The molecule has 0 saturated heterocycles. The molecule has 0 bridgehead atoms. The normalized spacial score (nSPS) is 12.4. The lowest BCUT2D eigenvalue weighted by atomic mass is 10.1. The summed E-state index contributed by atoms with van der Waals surface area (Å²) in [5.41, 5.74) is 0.797. The molecule has 2 aromatic rings. The van der Waals surface area contributed by atoms with Gasteiger partial charge in [-0.3, -0.25) is 0 Å². The number of nitrogens with one attached hydrogen (secondary N) is 1. The number of hydrogen-bond donors (Lipinski definition) is 1. The fourth-order valence-corrected chi connectivity index (χ4v) is 1.99. The summed E-state index contributed by atoms with van der Waals surface area (Å²) in [6, 6.07) is 8.34. The SMILES string of the molecule is COc1ccc(F)cc1C(C)NCc1ccc(C)o1. The molecule has 0 spiro atoms. The van der Waals surface area contributed by atoms with Crippen LogP contribution in [0.3, 0.4) is 0 Å². The van der Waals surface area contributed by atoms with Crippen molar-refractivity contribution >= 4 is 0 Å². The van der Waals surface area contributed by atoms with Crippen molar-refractivity contribution in [3.05, 3.63) is 53.2 Å². The van der Waals surface area contributed by atoms with Gasteiger partial charge < -0.3 is 14.5 Å². The van der Waals surface area contributed by atoms with Gasteiger partial charge in [-0.2, -0.15) is 0 Å². The van der Waals surface area contributed by atoms with Gasteiger partial charge in [0.05, 0.1) is 13.7 Å². The first-order chi connectivity index (χ1) is 9.10. The van der Waals surface area contributed by atoms with Crippen LogP contribution >= 0.6 is 0 Å². The van der Waals surface area contributed by atoms with Crippen molar-refractivity contribution in [2.75, 3.05) is 7.11 Å². The first-order valence-electron chi connectivity index (χ1n) is 6.22. The van der Waals surface area contributed by atoms with E-state index in [0.29, 0.717) is 12.3 Å². The standard InChI is InChI=1S/C15H18FNO2/c1-10-4-6-13(19-10)9-17-11(2)14-8-12(16)5-7-15(14)18-3/h4-8,11,17H,9H2,1-3H3. The molecule has 19 heavy (non-hydrogen) atoms. The predicted octanol–water partition coefficient (Wildman–Crippen LogP) is 3.59. The van der Waals surface area contributed by atoms with Crippen molar-refractivity contribution in [2.24, 2.45) is 0 Å². The Morgan fingerprint density at radius 2 is 2.11 bits per heavy atom. The van der Waals surface area contributed by atoms with Gasteiger partial charge in [-0.25, -0.2) is 4.39 Å². The van der Waals surface area contributed by atoms with Crippen LogP contribution in [0.2, 0.25) is 0 Å². The highest BCUT2D eigenvalue weighted by Gasteiger charge is 2.12. The third-order valence-electron chi connectivity index (χ3n) is 3.04. The van der Waals surface area contributed by atoms with E-state index in [1.165, 1.54) is 12.1 Å². The second kappa shape index (κ2) is 5.89. The predicted molar refractivity (Wildman–Crippen MR) is 71.7 cm³/mol. The summed E-state index contributed by atoms with van der Waals surface area (Å²) in [5, 5.41) is 3.29. The van der Waals surface area contributed by atoms with Crippen LogP contribution in [-0.2, 0) is 6.54 Å². The molecule has 1 heterocycles. The van der Waals surface area contributed by atoms with Crippen LogP contribution in [0, 0.1) is 12.7 Å². The van der Waals surface area contributed by atoms with Gasteiger partial charge in [0.15, 0.2) is 0 Å². The molecule has 1 aromatic carbocycles. The molecule has 1 atom stereocenters. The summed E-state index contributed by atoms with van der Waals surface area (Å²) >= 11 is 0. The molecule has 3 nitrogen and oxygen atoms in total. The monoisotopic (exact) mass is 263 g/mol. The summed E-state index contributed by atoms with van der Waals surface area (Å²) < 4.78 is 24.0. The van der Waals surface area contributed by atoms with Crippen LogP contribution in [0.1, 0.15) is 30.0 Å². The second-order valence-electron chi connectivity index (χ2n) is 4.50. The lowest BCUT2D eigenvalue weighted by molar-refractivity contribution is 0.395. The van der Waals surface area contributed by atoms with Gasteiger partial charge in [0, 0.05) is 11.6 Å². The number of rotatable bonds is 5. The lowest BCUT2D eigenvalue weighted by Crippen LogP contribution is -2.18. The number of benzene rings is 1. The van der Waals surface area contributed by atoms with Crippen LogP contribution in [0.4, 0.5) is 4.39 Å². The molecule has 0 fully saturated rings. The third-order valence-corrected chi connectivity index (χ3v) is 3.04. The third kappa shape index (κ3) is 3.35. The van der Waals surface area contributed by atoms with Gasteiger partial charge in [-0.15, -0.1) is 0 Å². The van der Waals surface area contributed by atoms with E-state index >= 15 is 0 Å². The minimum atomic E-state index is -0.265. The lowest BCUT2D eigenvalue weighted by Gasteiger charge is -2.16. The van der Waals surface area contributed by atoms with E-state index in [1.54, 1.807) is 13.2 Å². The number of ether oxygens (including phenoxy) is 1. The Bertz CT molecular complexity index is 551. The van der Waals surface area contributed by atoms with Gasteiger partial charge in [-0.05, 0) is 44.2 Å². The number of furan rings is 1. The van der Waals surface area contributed by atoms with E-state index in [9.17, 15) is 4.39 Å². The molecule has 0 radical (unpaired) electrons. The van der Waals surface area contributed by atoms with Gasteiger partial charge >= 0.3 is 0 Å². The average molecular weight is 263 g/mol. The van der Waals surface area contributed by atoms with E-state index in [2.05, 4.69) is 5.32 Å². The average Bonchev–Trinajstić information content (AvgIpc) is 2.81. The van der Waals surface area contributed by atoms with E-state index in [0.717, 1.165) is 17.1 Å². The second-order valence-corrected chi connectivity index (χ2v) is 4.50. The van der Waals surface area contributed by atoms with Crippen LogP contribution in [0.5, 0.6) is 5.75 Å². The zero-order valence-electron chi connectivity index (χ0n) is 11.4. The highest BCUT2D eigenvalue weighted by atomic mass is 19.1. The Hall–Kier alpha value is -1.81. The molecule has 0 aliphatic carbocycles. The number of aryl methyl sites for hydroxylation is 1. The molecule has 0 saturated carbocycles. The molecule has 0 aliphatic heterocycles. The van der Waals surface area contributed by atoms with Crippen molar-refractivity contribution in [1.29, 1.82) is 0 Å². The summed E-state index contributed by atoms with van der Waals surface area (Å²) in [4.78, 5) is 0. The van der Waals surface area contributed by atoms with E-state index in [4.69, 9.17) is 9.15 Å². The van der Waals surface area contributed by atoms with Gasteiger partial charge in [0.25, 0.3) is 0 Å². The number of halogens is 1. The Labute approximate surface area is 112 Å². The van der Waals surface area contributed by atoms with Crippen molar-refractivity contribution in [3.63, 3.8) is 0 Å². The van der Waals surface area contributed by atoms with Crippen molar-refractivity contribution in [1.82, 2.24) is 5.32 Å². The van der Waals surface area contributed by atoms with E-state index in [-0.39, 0.29) is 11.9 Å². The summed E-state index contributed by atoms with van der Waals surface area (Å²) in [5.74, 6) is 2.16. The molecule has 2 rings (SSSR count). The van der Waals surface area contributed by atoms with Gasteiger partial charge in [0.2, 0.25) is 0 Å². The molecule has 4 heteroatoms. The van der Waals surface area contributed by atoms with Crippen LogP contribution in [0.15, 0.2) is 34.7 Å². The quantitative estimate of drug-likeness (QED) is 0.895. The number of methoxy groups -OCH3 is 1. The molecule has 0 amide bonds. The zero-order chi connectivity index (χ0) is 13.8. The zero-order valence-corrected chi connectivity index (χ0v) is 11.4. The topological polar surface area (TPSA) is 34.4 Å². The van der Waals surface area contributed by atoms with Gasteiger partial charge in [-0.1, -0.05) is 0 Å². The van der Waals surface area contributed by atoms with E-state index < -0.39 is 0 Å². The minimum Gasteiger partial charge on any atom is -0.496 e. The molecule has 0 aliphatic rings. The fourth-order valence-electron chi connectivity index (χ4n) is 1.99. The molecule has 1 unspecified atom stereocenters. The summed E-state index contributed by atoms with van der Waals surface area (Å²) in [6.07, 6.45) is 0. The van der Waals surface area contributed by atoms with Crippen molar-refractivity contribution in [3.8, 4) is 5.75 Å². The maximum Gasteiger partial charge on any atom is 0.123 e. The van der Waals surface area contributed by atoms with Crippen LogP contribution in [-0.4, -0.2) is 7.11 Å².